The van der Waals surface area contributed by atoms with Crippen LogP contribution in [-0.2, 0) is 9.59 Å². The van der Waals surface area contributed by atoms with Gasteiger partial charge < -0.3 is 5.73 Å². The standard InChI is InChI=1S/C18H11ClFN3O2S/c19-10-3-7-12(8-4-10)23-16(24)13-14(9-1-5-11(20)6-2-9)22-18(21)26-15(13)17(23)25/h1-8,14H,(H2,21,22)/t14-/m1/s1. The molecule has 0 spiro atoms. The van der Waals surface area contributed by atoms with Crippen molar-refractivity contribution < 1.29 is 14.0 Å². The van der Waals surface area contributed by atoms with Crippen LogP contribution in [0.4, 0.5) is 10.1 Å². The number of amidine groups is 1. The minimum Gasteiger partial charge on any atom is -0.378 e. The number of anilines is 1. The highest BCUT2D eigenvalue weighted by atomic mass is 35.5. The lowest BCUT2D eigenvalue weighted by molar-refractivity contribution is -0.120. The van der Waals surface area contributed by atoms with Gasteiger partial charge in [0, 0.05) is 5.02 Å². The van der Waals surface area contributed by atoms with Crippen molar-refractivity contribution in [2.45, 2.75) is 6.04 Å². The molecule has 26 heavy (non-hydrogen) atoms. The van der Waals surface area contributed by atoms with E-state index in [2.05, 4.69) is 4.99 Å². The van der Waals surface area contributed by atoms with E-state index in [4.69, 9.17) is 17.3 Å². The lowest BCUT2D eigenvalue weighted by Crippen LogP contribution is -2.31. The molecule has 0 unspecified atom stereocenters. The predicted octanol–water partition coefficient (Wildman–Crippen LogP) is 3.41. The van der Waals surface area contributed by atoms with Gasteiger partial charge in [0.15, 0.2) is 5.17 Å². The third kappa shape index (κ3) is 2.69. The van der Waals surface area contributed by atoms with Crippen LogP contribution in [0.15, 0.2) is 64.0 Å². The number of imide groups is 1. The Morgan fingerprint density at radius 2 is 1.69 bits per heavy atom. The molecule has 2 aliphatic rings. The number of halogens is 2. The smallest absolute Gasteiger partial charge is 0.272 e. The number of carbonyl (C=O) groups is 2. The van der Waals surface area contributed by atoms with Crippen LogP contribution in [0.1, 0.15) is 11.6 Å². The summed E-state index contributed by atoms with van der Waals surface area (Å²) in [6.45, 7) is 0. The fourth-order valence-corrected chi connectivity index (χ4v) is 3.88. The van der Waals surface area contributed by atoms with Crippen molar-refractivity contribution in [2.24, 2.45) is 10.7 Å². The zero-order valence-electron chi connectivity index (χ0n) is 13.1. The fourth-order valence-electron chi connectivity index (χ4n) is 2.90. The highest BCUT2D eigenvalue weighted by Crippen LogP contribution is 2.44. The predicted molar refractivity (Wildman–Crippen MR) is 99.3 cm³/mol. The van der Waals surface area contributed by atoms with E-state index in [1.54, 1.807) is 24.3 Å². The maximum absolute atomic E-state index is 13.2. The van der Waals surface area contributed by atoms with E-state index in [9.17, 15) is 14.0 Å². The van der Waals surface area contributed by atoms with Gasteiger partial charge in [0.25, 0.3) is 11.8 Å². The first-order chi connectivity index (χ1) is 12.5. The topological polar surface area (TPSA) is 75.8 Å². The number of hydrogen-bond donors (Lipinski definition) is 1. The van der Waals surface area contributed by atoms with E-state index < -0.39 is 23.7 Å². The van der Waals surface area contributed by atoms with Crippen LogP contribution in [-0.4, -0.2) is 17.0 Å². The van der Waals surface area contributed by atoms with E-state index in [0.29, 0.717) is 16.3 Å². The number of amides is 2. The Kier molecular flexibility index (Phi) is 4.05. The summed E-state index contributed by atoms with van der Waals surface area (Å²) in [5, 5.41) is 0.675. The van der Waals surface area contributed by atoms with Crippen molar-refractivity contribution in [3.05, 3.63) is 75.4 Å². The molecule has 2 aromatic rings. The number of nitrogens with two attached hydrogens (primary N) is 1. The van der Waals surface area contributed by atoms with Crippen LogP contribution in [0.2, 0.25) is 5.02 Å². The van der Waals surface area contributed by atoms with Gasteiger partial charge in [-0.15, -0.1) is 0 Å². The number of nitrogens with zero attached hydrogens (tertiary/aromatic N) is 2. The van der Waals surface area contributed by atoms with Crippen molar-refractivity contribution in [3.8, 4) is 0 Å². The summed E-state index contributed by atoms with van der Waals surface area (Å²) in [7, 11) is 0. The molecule has 0 aromatic heterocycles. The maximum atomic E-state index is 13.2. The molecule has 0 fully saturated rings. The second kappa shape index (κ2) is 6.26. The average molecular weight is 388 g/mol. The SMILES string of the molecule is NC1=N[C@H](c2ccc(F)cc2)C2=C(S1)C(=O)N(c1ccc(Cl)cc1)C2=O. The van der Waals surface area contributed by atoms with E-state index >= 15 is 0 Å². The molecule has 2 aliphatic heterocycles. The molecule has 0 radical (unpaired) electrons. The summed E-state index contributed by atoms with van der Waals surface area (Å²) in [5.41, 5.74) is 7.11. The summed E-state index contributed by atoms with van der Waals surface area (Å²) in [5.74, 6) is -1.32. The number of benzene rings is 2. The molecule has 4 rings (SSSR count). The molecule has 2 heterocycles. The lowest BCUT2D eigenvalue weighted by atomic mass is 9.99. The van der Waals surface area contributed by atoms with Gasteiger partial charge in [0.05, 0.1) is 16.2 Å². The number of thioether (sulfide) groups is 1. The highest BCUT2D eigenvalue weighted by molar-refractivity contribution is 8.18. The molecule has 0 bridgehead atoms. The third-order valence-corrected chi connectivity index (χ3v) is 5.25. The highest BCUT2D eigenvalue weighted by Gasteiger charge is 2.45. The number of carbonyl (C=O) groups excluding carboxylic acids is 2. The normalized spacial score (nSPS) is 19.7. The largest absolute Gasteiger partial charge is 0.378 e. The van der Waals surface area contributed by atoms with Gasteiger partial charge >= 0.3 is 0 Å². The molecule has 2 N–H and O–H groups in total. The zero-order chi connectivity index (χ0) is 18.4. The average Bonchev–Trinajstić information content (AvgIpc) is 2.87. The van der Waals surface area contributed by atoms with Crippen LogP contribution in [0, 0.1) is 5.82 Å². The molecule has 130 valence electrons. The molecule has 1 atom stereocenters. The second-order valence-electron chi connectivity index (χ2n) is 5.69. The summed E-state index contributed by atoms with van der Waals surface area (Å²) in [4.78, 5) is 31.5. The van der Waals surface area contributed by atoms with Crippen LogP contribution in [0.3, 0.4) is 0 Å². The number of rotatable bonds is 2. The van der Waals surface area contributed by atoms with Gasteiger partial charge in [0.2, 0.25) is 0 Å². The summed E-state index contributed by atoms with van der Waals surface area (Å²) in [6.07, 6.45) is 0. The first kappa shape index (κ1) is 16.8. The minimum atomic E-state index is -0.749. The van der Waals surface area contributed by atoms with Gasteiger partial charge in [-0.05, 0) is 53.7 Å². The Balaban J connectivity index is 1.78. The molecule has 0 saturated heterocycles. The van der Waals surface area contributed by atoms with Crippen molar-refractivity contribution in [3.63, 3.8) is 0 Å². The molecule has 0 aliphatic carbocycles. The van der Waals surface area contributed by atoms with Crippen molar-refractivity contribution in [1.29, 1.82) is 0 Å². The third-order valence-electron chi connectivity index (χ3n) is 4.08. The molecular weight excluding hydrogens is 377 g/mol. The Morgan fingerprint density at radius 1 is 1.04 bits per heavy atom. The fraction of sp³-hybridized carbons (Fsp3) is 0.0556. The zero-order valence-corrected chi connectivity index (χ0v) is 14.7. The second-order valence-corrected chi connectivity index (χ2v) is 7.16. The van der Waals surface area contributed by atoms with Crippen molar-refractivity contribution >= 4 is 46.0 Å². The van der Waals surface area contributed by atoms with Gasteiger partial charge in [-0.3, -0.25) is 9.59 Å². The van der Waals surface area contributed by atoms with Crippen LogP contribution in [0.5, 0.6) is 0 Å². The van der Waals surface area contributed by atoms with E-state index in [0.717, 1.165) is 16.7 Å². The Bertz CT molecular complexity index is 987. The van der Waals surface area contributed by atoms with E-state index in [-0.39, 0.29) is 15.6 Å². The van der Waals surface area contributed by atoms with Gasteiger partial charge in [0.1, 0.15) is 11.9 Å². The maximum Gasteiger partial charge on any atom is 0.272 e. The summed E-state index contributed by atoms with van der Waals surface area (Å²) < 4.78 is 13.2. The molecule has 8 heteroatoms. The first-order valence-electron chi connectivity index (χ1n) is 7.61. The first-order valence-corrected chi connectivity index (χ1v) is 8.80. The van der Waals surface area contributed by atoms with E-state index in [1.807, 2.05) is 0 Å². The molecule has 0 saturated carbocycles. The minimum absolute atomic E-state index is 0.178. The van der Waals surface area contributed by atoms with Crippen molar-refractivity contribution in [1.82, 2.24) is 0 Å². The summed E-state index contributed by atoms with van der Waals surface area (Å²) in [6, 6.07) is 11.3. The Hall–Kier alpha value is -2.64. The molecule has 5 nitrogen and oxygen atoms in total. The van der Waals surface area contributed by atoms with Gasteiger partial charge in [-0.2, -0.15) is 0 Å². The summed E-state index contributed by atoms with van der Waals surface area (Å²) >= 11 is 6.85. The lowest BCUT2D eigenvalue weighted by Gasteiger charge is -2.19. The van der Waals surface area contributed by atoms with Gasteiger partial charge in [-0.1, -0.05) is 23.7 Å². The molecule has 2 aromatic carbocycles. The number of hydrogen-bond acceptors (Lipinski definition) is 5. The van der Waals surface area contributed by atoms with Gasteiger partial charge in [-0.25, -0.2) is 14.3 Å². The Labute approximate surface area is 157 Å². The number of aliphatic imine (C=N–C) groups is 1. The van der Waals surface area contributed by atoms with Crippen LogP contribution in [0.25, 0.3) is 0 Å². The molecule has 2 amide bonds. The van der Waals surface area contributed by atoms with Crippen LogP contribution >= 0.6 is 23.4 Å². The quantitative estimate of drug-likeness (QED) is 0.801. The Morgan fingerprint density at radius 3 is 2.35 bits per heavy atom. The van der Waals surface area contributed by atoms with Crippen LogP contribution < -0.4 is 10.6 Å². The molecular formula is C18H11ClFN3O2S. The monoisotopic (exact) mass is 387 g/mol. The van der Waals surface area contributed by atoms with E-state index in [1.165, 1.54) is 24.3 Å². The van der Waals surface area contributed by atoms with Crippen molar-refractivity contribution in [2.75, 3.05) is 4.90 Å².